The zero-order chi connectivity index (χ0) is 22.2. The van der Waals surface area contributed by atoms with Crippen molar-refractivity contribution in [2.75, 3.05) is 37.9 Å². The fourth-order valence-corrected chi connectivity index (χ4v) is 4.74. The average molecular weight is 452 g/mol. The van der Waals surface area contributed by atoms with Crippen LogP contribution in [0.4, 0.5) is 5.69 Å². The molecule has 3 heterocycles. The van der Waals surface area contributed by atoms with Crippen LogP contribution in [0.2, 0.25) is 0 Å². The number of piperidine rings is 1. The van der Waals surface area contributed by atoms with Crippen molar-refractivity contribution >= 4 is 21.6 Å². The van der Waals surface area contributed by atoms with Crippen LogP contribution in [-0.4, -0.2) is 65.5 Å². The molecule has 0 saturated carbocycles. The van der Waals surface area contributed by atoms with E-state index in [1.165, 1.54) is 15.1 Å². The third-order valence-electron chi connectivity index (χ3n) is 5.48. The molecule has 1 saturated heterocycles. The van der Waals surface area contributed by atoms with Gasteiger partial charge in [-0.15, -0.1) is 0 Å². The molecule has 0 atom stereocenters. The summed E-state index contributed by atoms with van der Waals surface area (Å²) in [4.78, 5) is 25.1. The highest BCUT2D eigenvalue weighted by Crippen LogP contribution is 2.32. The number of sulfonamides is 1. The lowest BCUT2D eigenvalue weighted by atomic mass is 9.97. The molecule has 0 aliphatic carbocycles. The van der Waals surface area contributed by atoms with Gasteiger partial charge in [0.25, 0.3) is 0 Å². The minimum Gasteiger partial charge on any atom is -0.486 e. The molecule has 0 radical (unpaired) electrons. The Morgan fingerprint density at radius 1 is 1.19 bits per heavy atom. The van der Waals surface area contributed by atoms with Gasteiger partial charge in [-0.05, 0) is 25.0 Å². The molecule has 31 heavy (non-hydrogen) atoms. The van der Waals surface area contributed by atoms with Crippen LogP contribution >= 0.6 is 0 Å². The number of nitrogens with zero attached hydrogens (tertiary/aromatic N) is 4. The van der Waals surface area contributed by atoms with Gasteiger partial charge in [0.05, 0.1) is 6.26 Å². The number of benzene rings is 1. The number of fused-ring (bicyclic) bond motifs is 1. The third kappa shape index (κ3) is 4.59. The monoisotopic (exact) mass is 451 g/mol. The Morgan fingerprint density at radius 2 is 1.87 bits per heavy atom. The number of hydrogen-bond donors (Lipinski definition) is 1. The van der Waals surface area contributed by atoms with Crippen molar-refractivity contribution in [3.8, 4) is 11.5 Å². The molecule has 1 aromatic carbocycles. The quantitative estimate of drug-likeness (QED) is 0.685. The van der Waals surface area contributed by atoms with Crippen molar-refractivity contribution in [3.05, 3.63) is 34.5 Å². The molecular formula is C19H25N5O6S. The Kier molecular flexibility index (Phi) is 5.75. The Bertz CT molecular complexity index is 1150. The van der Waals surface area contributed by atoms with Crippen molar-refractivity contribution < 1.29 is 22.7 Å². The van der Waals surface area contributed by atoms with E-state index in [0.29, 0.717) is 62.2 Å². The smallest absolute Gasteiger partial charge is 0.346 e. The second-order valence-electron chi connectivity index (χ2n) is 7.70. The van der Waals surface area contributed by atoms with Crippen LogP contribution in [0, 0.1) is 0 Å². The lowest BCUT2D eigenvalue weighted by molar-refractivity contribution is -0.117. The second-order valence-corrected chi connectivity index (χ2v) is 9.68. The van der Waals surface area contributed by atoms with E-state index < -0.39 is 21.6 Å². The first-order valence-corrected chi connectivity index (χ1v) is 11.9. The van der Waals surface area contributed by atoms with E-state index in [-0.39, 0.29) is 12.5 Å². The van der Waals surface area contributed by atoms with Crippen LogP contribution in [0.1, 0.15) is 24.6 Å². The fraction of sp³-hybridized carbons (Fsp3) is 0.526. The SMILES string of the molecule is Cn1c(C2CCN(S(C)(=O)=O)CC2)nn(CC(=O)Nc2ccc3c(c2)OCCO3)c1=O. The fourth-order valence-electron chi connectivity index (χ4n) is 3.87. The minimum atomic E-state index is -3.23. The number of carbonyl (C=O) groups is 1. The van der Waals surface area contributed by atoms with E-state index in [1.54, 1.807) is 25.2 Å². The van der Waals surface area contributed by atoms with Gasteiger partial charge < -0.3 is 14.8 Å². The number of amides is 1. The van der Waals surface area contributed by atoms with Gasteiger partial charge in [0, 0.05) is 37.8 Å². The number of carbonyl (C=O) groups excluding carboxylic acids is 1. The Morgan fingerprint density at radius 3 is 2.55 bits per heavy atom. The first kappa shape index (κ1) is 21.4. The standard InChI is InChI=1S/C19H25N5O6S/c1-22-18(13-5-7-23(8-6-13)31(2,27)28)21-24(19(22)26)12-17(25)20-14-3-4-15-16(11-14)30-10-9-29-15/h3-4,11,13H,5-10,12H2,1-2H3,(H,20,25). The van der Waals surface area contributed by atoms with Crippen molar-refractivity contribution in [1.82, 2.24) is 18.7 Å². The lowest BCUT2D eigenvalue weighted by Gasteiger charge is -2.29. The Labute approximate surface area is 179 Å². The molecule has 2 aromatic rings. The molecular weight excluding hydrogens is 426 g/mol. The number of nitrogens with one attached hydrogen (secondary N) is 1. The van der Waals surface area contributed by atoms with Crippen LogP contribution in [0.5, 0.6) is 11.5 Å². The normalized spacial score (nSPS) is 17.5. The molecule has 168 valence electrons. The van der Waals surface area contributed by atoms with E-state index in [2.05, 4.69) is 10.4 Å². The predicted octanol–water partition coefficient (Wildman–Crippen LogP) is 0.131. The van der Waals surface area contributed by atoms with Crippen molar-refractivity contribution in [1.29, 1.82) is 0 Å². The van der Waals surface area contributed by atoms with Gasteiger partial charge in [-0.3, -0.25) is 9.36 Å². The largest absolute Gasteiger partial charge is 0.486 e. The summed E-state index contributed by atoms with van der Waals surface area (Å²) in [7, 11) is -1.61. The van der Waals surface area contributed by atoms with Gasteiger partial charge in [-0.2, -0.15) is 5.10 Å². The predicted molar refractivity (Wildman–Crippen MR) is 112 cm³/mol. The highest BCUT2D eigenvalue weighted by Gasteiger charge is 2.29. The summed E-state index contributed by atoms with van der Waals surface area (Å²) in [6.45, 7) is 1.46. The molecule has 0 unspecified atom stereocenters. The zero-order valence-corrected chi connectivity index (χ0v) is 18.2. The summed E-state index contributed by atoms with van der Waals surface area (Å²) in [6.07, 6.45) is 2.33. The van der Waals surface area contributed by atoms with Gasteiger partial charge in [-0.1, -0.05) is 0 Å². The van der Waals surface area contributed by atoms with Crippen LogP contribution < -0.4 is 20.5 Å². The molecule has 1 N–H and O–H groups in total. The first-order chi connectivity index (χ1) is 14.7. The maximum atomic E-state index is 12.6. The van der Waals surface area contributed by atoms with Crippen molar-refractivity contribution in [2.45, 2.75) is 25.3 Å². The number of anilines is 1. The topological polar surface area (TPSA) is 125 Å². The molecule has 0 bridgehead atoms. The molecule has 11 nitrogen and oxygen atoms in total. The molecule has 0 spiro atoms. The second kappa shape index (κ2) is 8.35. The van der Waals surface area contributed by atoms with E-state index >= 15 is 0 Å². The first-order valence-electron chi connectivity index (χ1n) is 10.0. The molecule has 1 aromatic heterocycles. The average Bonchev–Trinajstić information content (AvgIpc) is 3.01. The molecule has 4 rings (SSSR count). The zero-order valence-electron chi connectivity index (χ0n) is 17.4. The third-order valence-corrected chi connectivity index (χ3v) is 6.79. The molecule has 2 aliphatic heterocycles. The highest BCUT2D eigenvalue weighted by atomic mass is 32.2. The van der Waals surface area contributed by atoms with E-state index in [9.17, 15) is 18.0 Å². The highest BCUT2D eigenvalue weighted by molar-refractivity contribution is 7.88. The molecule has 2 aliphatic rings. The van der Waals surface area contributed by atoms with Gasteiger partial charge in [0.2, 0.25) is 15.9 Å². The summed E-state index contributed by atoms with van der Waals surface area (Å²) in [5, 5.41) is 7.11. The summed E-state index contributed by atoms with van der Waals surface area (Å²) < 4.78 is 38.4. The Hall–Kier alpha value is -2.86. The summed E-state index contributed by atoms with van der Waals surface area (Å²) >= 11 is 0. The number of rotatable bonds is 5. The van der Waals surface area contributed by atoms with Gasteiger partial charge in [0.15, 0.2) is 11.5 Å². The minimum absolute atomic E-state index is 0.0437. The van der Waals surface area contributed by atoms with Gasteiger partial charge in [-0.25, -0.2) is 22.2 Å². The molecule has 1 fully saturated rings. The Balaban J connectivity index is 1.43. The summed E-state index contributed by atoms with van der Waals surface area (Å²) in [5.74, 6) is 1.30. The van der Waals surface area contributed by atoms with E-state index in [0.717, 1.165) is 4.68 Å². The number of ether oxygens (including phenoxy) is 2. The van der Waals surface area contributed by atoms with Crippen LogP contribution in [0.25, 0.3) is 0 Å². The van der Waals surface area contributed by atoms with Crippen LogP contribution in [-0.2, 0) is 28.4 Å². The van der Waals surface area contributed by atoms with E-state index in [1.807, 2.05) is 0 Å². The maximum absolute atomic E-state index is 12.6. The van der Waals surface area contributed by atoms with Gasteiger partial charge in [0.1, 0.15) is 25.6 Å². The lowest BCUT2D eigenvalue weighted by Crippen LogP contribution is -2.37. The number of aromatic nitrogens is 3. The van der Waals surface area contributed by atoms with Crippen LogP contribution in [0.15, 0.2) is 23.0 Å². The van der Waals surface area contributed by atoms with Crippen molar-refractivity contribution in [2.24, 2.45) is 7.05 Å². The van der Waals surface area contributed by atoms with Gasteiger partial charge >= 0.3 is 5.69 Å². The molecule has 12 heteroatoms. The summed E-state index contributed by atoms with van der Waals surface area (Å²) in [5.41, 5.74) is 0.143. The van der Waals surface area contributed by atoms with Crippen molar-refractivity contribution in [3.63, 3.8) is 0 Å². The van der Waals surface area contributed by atoms with E-state index in [4.69, 9.17) is 9.47 Å². The number of hydrogen-bond acceptors (Lipinski definition) is 7. The summed E-state index contributed by atoms with van der Waals surface area (Å²) in [6, 6.07) is 5.10. The van der Waals surface area contributed by atoms with Crippen LogP contribution in [0.3, 0.4) is 0 Å². The molecule has 1 amide bonds. The maximum Gasteiger partial charge on any atom is 0.346 e.